The van der Waals surface area contributed by atoms with Crippen LogP contribution < -0.4 is 10.6 Å². The quantitative estimate of drug-likeness (QED) is 0.0950. The third kappa shape index (κ3) is 8.65. The van der Waals surface area contributed by atoms with Crippen molar-refractivity contribution in [1.82, 2.24) is 45.3 Å². The SMILES string of the molecule is COC(=O)N[C@H](C(=O)N1C[C@@H](C)C[C@@H]1c1ncc(-c2ccc(-c3ccc(-c4ccc(-c5cnc([C@@H]6C[C@H](C)CN6C(=O)[C@H](NC(=O)OC)C(C)C)[nH]5)cc4)c4c3C3CCC4N3C)cc2)[nH]1)C(C)C. The van der Waals surface area contributed by atoms with Crippen LogP contribution in [0.1, 0.15) is 114 Å². The van der Waals surface area contributed by atoms with E-state index in [-0.39, 0.29) is 47.6 Å². The number of fused-ring (bicyclic) bond motifs is 5. The van der Waals surface area contributed by atoms with E-state index in [2.05, 4.69) is 107 Å². The predicted octanol–water partition coefficient (Wildman–Crippen LogP) is 9.20. The first-order valence-corrected chi connectivity index (χ1v) is 24.2. The number of benzene rings is 3. The molecule has 0 aliphatic carbocycles. The van der Waals surface area contributed by atoms with Gasteiger partial charge in [-0.2, -0.15) is 0 Å². The van der Waals surface area contributed by atoms with Gasteiger partial charge in [0.1, 0.15) is 23.7 Å². The molecule has 15 heteroatoms. The van der Waals surface area contributed by atoms with Gasteiger partial charge in [0.05, 0.1) is 50.1 Å². The van der Waals surface area contributed by atoms with Gasteiger partial charge in [0.15, 0.2) is 0 Å². The largest absolute Gasteiger partial charge is 0.453 e. The summed E-state index contributed by atoms with van der Waals surface area (Å²) in [6.07, 6.45) is 6.26. The van der Waals surface area contributed by atoms with Crippen LogP contribution in [0.5, 0.6) is 0 Å². The van der Waals surface area contributed by atoms with Crippen LogP contribution in [0.15, 0.2) is 73.1 Å². The molecule has 2 aromatic heterocycles. The molecule has 6 heterocycles. The van der Waals surface area contributed by atoms with Gasteiger partial charge in [-0.05, 0) is 101 Å². The number of nitrogens with one attached hydrogen (secondary N) is 4. The van der Waals surface area contributed by atoms with Crippen LogP contribution in [0.25, 0.3) is 44.8 Å². The summed E-state index contributed by atoms with van der Waals surface area (Å²) in [5.74, 6) is 1.55. The van der Waals surface area contributed by atoms with Gasteiger partial charge in [0, 0.05) is 25.2 Å². The van der Waals surface area contributed by atoms with Gasteiger partial charge in [-0.3, -0.25) is 14.5 Å². The monoisotopic (exact) mass is 924 g/mol. The van der Waals surface area contributed by atoms with Crippen molar-refractivity contribution in [3.8, 4) is 44.8 Å². The smallest absolute Gasteiger partial charge is 0.407 e. The molecule has 15 nitrogen and oxygen atoms in total. The van der Waals surface area contributed by atoms with E-state index in [1.807, 2.05) is 49.9 Å². The molecule has 4 N–H and O–H groups in total. The molecular formula is C53H65N9O6. The molecule has 8 atom stereocenters. The lowest BCUT2D eigenvalue weighted by Crippen LogP contribution is -2.51. The summed E-state index contributed by atoms with van der Waals surface area (Å²) in [7, 11) is 4.86. The highest BCUT2D eigenvalue weighted by molar-refractivity contribution is 5.87. The molecule has 4 amide bonds. The first kappa shape index (κ1) is 46.6. The summed E-state index contributed by atoms with van der Waals surface area (Å²) < 4.78 is 9.64. The van der Waals surface area contributed by atoms with E-state index in [0.717, 1.165) is 59.8 Å². The van der Waals surface area contributed by atoms with Crippen molar-refractivity contribution in [2.45, 2.75) is 103 Å². The summed E-state index contributed by atoms with van der Waals surface area (Å²) >= 11 is 0. The predicted molar refractivity (Wildman–Crippen MR) is 260 cm³/mol. The molecule has 3 fully saturated rings. The van der Waals surface area contributed by atoms with Crippen LogP contribution in [0.3, 0.4) is 0 Å². The minimum absolute atomic E-state index is 0.114. The van der Waals surface area contributed by atoms with Gasteiger partial charge in [0.2, 0.25) is 11.8 Å². The van der Waals surface area contributed by atoms with Gasteiger partial charge >= 0.3 is 12.2 Å². The van der Waals surface area contributed by atoms with Crippen molar-refractivity contribution in [1.29, 1.82) is 0 Å². The Labute approximate surface area is 398 Å². The van der Waals surface area contributed by atoms with Crippen LogP contribution in [0.4, 0.5) is 9.59 Å². The fourth-order valence-corrected chi connectivity index (χ4v) is 11.3. The molecule has 0 saturated carbocycles. The molecule has 4 aliphatic rings. The Kier molecular flexibility index (Phi) is 13.0. The number of carbonyl (C=O) groups excluding carboxylic acids is 4. The number of hydrogen-bond donors (Lipinski definition) is 4. The minimum Gasteiger partial charge on any atom is -0.453 e. The number of methoxy groups -OCH3 is 2. The number of alkyl carbamates (subject to hydrolysis) is 2. The van der Waals surface area contributed by atoms with Gasteiger partial charge in [-0.25, -0.2) is 19.6 Å². The lowest BCUT2D eigenvalue weighted by molar-refractivity contribution is -0.136. The lowest BCUT2D eigenvalue weighted by Gasteiger charge is -2.30. The van der Waals surface area contributed by atoms with Crippen molar-refractivity contribution in [2.75, 3.05) is 34.4 Å². The van der Waals surface area contributed by atoms with E-state index in [9.17, 15) is 19.2 Å². The molecule has 358 valence electrons. The fraction of sp³-hybridized carbons (Fsp3) is 0.472. The standard InChI is InChI=1S/C53H65N9O6/c1-28(2)46(58-52(65)67-8)50(63)61-26-30(5)22-42(61)48-54-24-38(56-48)34-14-10-32(11-15-34)36-18-19-37(45-41-21-20-40(44(36)45)60(41)7)33-12-16-35(17-13-33)39-25-55-49(57-39)43-23-31(6)27-62(43)51(64)47(29(3)4)59-53(66)68-9/h10-19,24-25,28-31,40-43,46-47H,20-23,26-27H2,1-9H3,(H,54,56)(H,55,57)(H,58,65)(H,59,66)/t30-,31-,40?,41?,42-,43+,46+,47-/m0/s1. The fourth-order valence-electron chi connectivity index (χ4n) is 11.3. The molecule has 3 aromatic carbocycles. The van der Waals surface area contributed by atoms with Crippen LogP contribution in [0.2, 0.25) is 0 Å². The Hall–Kier alpha value is -6.48. The molecular weight excluding hydrogens is 859 g/mol. The van der Waals surface area contributed by atoms with Crippen LogP contribution in [0, 0.1) is 23.7 Å². The molecule has 4 aliphatic heterocycles. The summed E-state index contributed by atoms with van der Waals surface area (Å²) in [4.78, 5) is 74.9. The third-order valence-electron chi connectivity index (χ3n) is 14.9. The number of likely N-dealkylation sites (tertiary alicyclic amines) is 2. The summed E-state index contributed by atoms with van der Waals surface area (Å²) in [6.45, 7) is 13.1. The van der Waals surface area contributed by atoms with Gasteiger partial charge in [-0.15, -0.1) is 0 Å². The topological polar surface area (TPSA) is 178 Å². The zero-order valence-corrected chi connectivity index (χ0v) is 40.6. The number of ether oxygens (including phenoxy) is 2. The Balaban J connectivity index is 0.932. The van der Waals surface area contributed by atoms with Crippen molar-refractivity contribution < 1.29 is 28.7 Å². The molecule has 68 heavy (non-hydrogen) atoms. The van der Waals surface area contributed by atoms with Gasteiger partial charge in [-0.1, -0.05) is 102 Å². The number of nitrogens with zero attached hydrogens (tertiary/aromatic N) is 5. The zero-order valence-electron chi connectivity index (χ0n) is 40.6. The van der Waals surface area contributed by atoms with E-state index in [1.165, 1.54) is 47.6 Å². The Morgan fingerprint density at radius 2 is 0.956 bits per heavy atom. The van der Waals surface area contributed by atoms with Crippen LogP contribution in [-0.2, 0) is 19.1 Å². The van der Waals surface area contributed by atoms with E-state index in [1.54, 1.807) is 0 Å². The highest BCUT2D eigenvalue weighted by Gasteiger charge is 2.45. The first-order valence-electron chi connectivity index (χ1n) is 24.2. The van der Waals surface area contributed by atoms with Crippen molar-refractivity contribution in [3.05, 3.63) is 95.8 Å². The molecule has 9 rings (SSSR count). The Bertz CT molecular complexity index is 2490. The highest BCUT2D eigenvalue weighted by atomic mass is 16.5. The molecule has 0 radical (unpaired) electrons. The van der Waals surface area contributed by atoms with Crippen molar-refractivity contribution >= 4 is 24.0 Å². The Morgan fingerprint density at radius 3 is 1.31 bits per heavy atom. The normalized spacial score (nSPS) is 23.0. The number of hydrogen-bond acceptors (Lipinski definition) is 9. The van der Waals surface area contributed by atoms with Crippen LogP contribution in [-0.4, -0.2) is 105 Å². The Morgan fingerprint density at radius 1 is 0.588 bits per heavy atom. The average Bonchev–Trinajstić information content (AvgIpc) is 4.22. The number of rotatable bonds is 12. The second kappa shape index (κ2) is 18.9. The first-order chi connectivity index (χ1) is 32.6. The van der Waals surface area contributed by atoms with E-state index in [4.69, 9.17) is 19.4 Å². The molecule has 2 unspecified atom stereocenters. The number of imidazole rings is 2. The number of aromatic amines is 2. The molecule has 3 saturated heterocycles. The third-order valence-corrected chi connectivity index (χ3v) is 14.9. The maximum Gasteiger partial charge on any atom is 0.407 e. The summed E-state index contributed by atoms with van der Waals surface area (Å²) in [6, 6.07) is 20.8. The maximum absolute atomic E-state index is 13.8. The lowest BCUT2D eigenvalue weighted by atomic mass is 9.81. The minimum atomic E-state index is -0.700. The van der Waals surface area contributed by atoms with Gasteiger partial charge < -0.3 is 39.9 Å². The summed E-state index contributed by atoms with van der Waals surface area (Å²) in [5, 5.41) is 5.48. The number of H-pyrrole nitrogens is 2. The highest BCUT2D eigenvalue weighted by Crippen LogP contribution is 2.57. The molecule has 2 bridgehead atoms. The van der Waals surface area contributed by atoms with Crippen molar-refractivity contribution in [2.24, 2.45) is 23.7 Å². The maximum atomic E-state index is 13.8. The van der Waals surface area contributed by atoms with Crippen LogP contribution >= 0.6 is 0 Å². The number of carbonyl (C=O) groups is 4. The molecule has 0 spiro atoms. The van der Waals surface area contributed by atoms with E-state index >= 15 is 0 Å². The second-order valence-corrected chi connectivity index (χ2v) is 20.2. The molecule has 5 aromatic rings. The van der Waals surface area contributed by atoms with Crippen molar-refractivity contribution in [3.63, 3.8) is 0 Å². The van der Waals surface area contributed by atoms with Gasteiger partial charge in [0.25, 0.3) is 0 Å². The zero-order chi connectivity index (χ0) is 48.1. The average molecular weight is 924 g/mol. The van der Waals surface area contributed by atoms with E-state index in [0.29, 0.717) is 25.2 Å². The summed E-state index contributed by atoms with van der Waals surface area (Å²) in [5.41, 5.74) is 11.5. The number of amides is 4. The van der Waals surface area contributed by atoms with E-state index < -0.39 is 24.3 Å². The second-order valence-electron chi connectivity index (χ2n) is 20.2. The number of aromatic nitrogens is 4.